The number of hydrogen-bond donors (Lipinski definition) is 0. The van der Waals surface area contributed by atoms with Gasteiger partial charge in [-0.25, -0.2) is 8.78 Å². The minimum absolute atomic E-state index is 0.0923. The fraction of sp³-hybridized carbons (Fsp3) is 0.150. The van der Waals surface area contributed by atoms with Crippen LogP contribution in [0.4, 0.5) is 8.78 Å². The summed E-state index contributed by atoms with van der Waals surface area (Å²) < 4.78 is 34.6. The Morgan fingerprint density at radius 2 is 1.81 bits per heavy atom. The van der Waals surface area contributed by atoms with E-state index >= 15 is 0 Å². The van der Waals surface area contributed by atoms with Crippen LogP contribution in [0.3, 0.4) is 0 Å². The van der Waals surface area contributed by atoms with Gasteiger partial charge in [-0.3, -0.25) is 9.36 Å². The highest BCUT2D eigenvalue weighted by Crippen LogP contribution is 2.22. The van der Waals surface area contributed by atoms with Gasteiger partial charge in [0, 0.05) is 33.9 Å². The number of aryl methyl sites for hydroxylation is 2. The highest BCUT2D eigenvalue weighted by atomic mass is 79.9. The molecule has 0 aliphatic heterocycles. The minimum Gasteiger partial charge on any atom is -0.489 e. The van der Waals surface area contributed by atoms with Crippen LogP contribution in [-0.4, -0.2) is 4.57 Å². The van der Waals surface area contributed by atoms with Crippen molar-refractivity contribution in [3.05, 3.63) is 91.8 Å². The number of nitrogens with zero attached hydrogens (tertiary/aromatic N) is 1. The van der Waals surface area contributed by atoms with Crippen molar-refractivity contribution in [2.75, 3.05) is 0 Å². The number of halogens is 3. The number of aromatic nitrogens is 1. The molecule has 0 spiro atoms. The van der Waals surface area contributed by atoms with Gasteiger partial charge in [0.1, 0.15) is 24.0 Å². The third kappa shape index (κ3) is 3.85. The molecular weight excluding hydrogens is 404 g/mol. The average molecular weight is 420 g/mol. The fourth-order valence-electron chi connectivity index (χ4n) is 2.69. The van der Waals surface area contributed by atoms with Crippen molar-refractivity contribution in [3.8, 4) is 11.4 Å². The first-order valence-corrected chi connectivity index (χ1v) is 8.71. The second-order valence-electron chi connectivity index (χ2n) is 5.96. The van der Waals surface area contributed by atoms with Gasteiger partial charge in [0.2, 0.25) is 0 Å². The standard InChI is InChI=1S/C20H16BrF2NO2/c1-12-3-5-15(21)8-19(12)24-13(2)7-17(10-20(24)25)26-11-14-4-6-16(22)9-18(14)23/h3-10H,11H2,1-2H3. The Hall–Kier alpha value is -2.47. The maximum atomic E-state index is 13.7. The van der Waals surface area contributed by atoms with E-state index in [1.54, 1.807) is 17.6 Å². The molecule has 0 fully saturated rings. The number of ether oxygens (including phenoxy) is 1. The van der Waals surface area contributed by atoms with E-state index in [-0.39, 0.29) is 17.7 Å². The van der Waals surface area contributed by atoms with Gasteiger partial charge in [0.05, 0.1) is 5.69 Å². The maximum Gasteiger partial charge on any atom is 0.259 e. The molecule has 26 heavy (non-hydrogen) atoms. The van der Waals surface area contributed by atoms with Gasteiger partial charge < -0.3 is 4.74 Å². The highest BCUT2D eigenvalue weighted by Gasteiger charge is 2.11. The molecule has 0 saturated heterocycles. The SMILES string of the molecule is Cc1ccc(Br)cc1-n1c(C)cc(OCc2ccc(F)cc2F)cc1=O. The lowest BCUT2D eigenvalue weighted by molar-refractivity contribution is 0.298. The van der Waals surface area contributed by atoms with Crippen molar-refractivity contribution < 1.29 is 13.5 Å². The van der Waals surface area contributed by atoms with Crippen LogP contribution in [0.5, 0.6) is 5.75 Å². The monoisotopic (exact) mass is 419 g/mol. The Labute approximate surface area is 158 Å². The summed E-state index contributed by atoms with van der Waals surface area (Å²) in [5.74, 6) is -0.992. The Kier molecular flexibility index (Phi) is 5.23. The summed E-state index contributed by atoms with van der Waals surface area (Å²) in [6, 6.07) is 12.1. The molecule has 1 heterocycles. The molecule has 0 radical (unpaired) electrons. The van der Waals surface area contributed by atoms with E-state index in [1.807, 2.05) is 25.1 Å². The second-order valence-corrected chi connectivity index (χ2v) is 6.88. The zero-order valence-corrected chi connectivity index (χ0v) is 15.8. The van der Waals surface area contributed by atoms with Gasteiger partial charge in [0.15, 0.2) is 0 Å². The number of rotatable bonds is 4. The molecule has 3 nitrogen and oxygen atoms in total. The van der Waals surface area contributed by atoms with Gasteiger partial charge in [-0.2, -0.15) is 0 Å². The number of benzene rings is 2. The van der Waals surface area contributed by atoms with Crippen LogP contribution in [0.15, 0.2) is 57.8 Å². The highest BCUT2D eigenvalue weighted by molar-refractivity contribution is 9.10. The van der Waals surface area contributed by atoms with Gasteiger partial charge in [-0.1, -0.05) is 22.0 Å². The Bertz CT molecular complexity index is 1030. The molecule has 0 aliphatic rings. The van der Waals surface area contributed by atoms with E-state index in [0.29, 0.717) is 11.4 Å². The van der Waals surface area contributed by atoms with Crippen molar-refractivity contribution >= 4 is 15.9 Å². The van der Waals surface area contributed by atoms with Gasteiger partial charge in [-0.05, 0) is 43.7 Å². The Balaban J connectivity index is 1.90. The number of pyridine rings is 1. The lowest BCUT2D eigenvalue weighted by Crippen LogP contribution is -2.20. The molecule has 0 N–H and O–H groups in total. The molecular formula is C20H16BrF2NO2. The zero-order valence-electron chi connectivity index (χ0n) is 14.2. The quantitative estimate of drug-likeness (QED) is 0.590. The lowest BCUT2D eigenvalue weighted by Gasteiger charge is -2.15. The van der Waals surface area contributed by atoms with Crippen LogP contribution in [-0.2, 0) is 6.61 Å². The molecule has 6 heteroatoms. The van der Waals surface area contributed by atoms with E-state index in [1.165, 1.54) is 18.2 Å². The average Bonchev–Trinajstić information content (AvgIpc) is 2.56. The van der Waals surface area contributed by atoms with Crippen LogP contribution in [0, 0.1) is 25.5 Å². The zero-order chi connectivity index (χ0) is 18.8. The third-order valence-electron chi connectivity index (χ3n) is 4.01. The van der Waals surface area contributed by atoms with E-state index in [0.717, 1.165) is 21.8 Å². The van der Waals surface area contributed by atoms with Crippen LogP contribution < -0.4 is 10.3 Å². The second kappa shape index (κ2) is 7.41. The molecule has 134 valence electrons. The normalized spacial score (nSPS) is 10.8. The molecule has 0 bridgehead atoms. The van der Waals surface area contributed by atoms with E-state index in [2.05, 4.69) is 15.9 Å². The van der Waals surface area contributed by atoms with Crippen LogP contribution in [0.25, 0.3) is 5.69 Å². The summed E-state index contributed by atoms with van der Waals surface area (Å²) in [6.45, 7) is 3.63. The Morgan fingerprint density at radius 1 is 1.04 bits per heavy atom. The molecule has 3 aromatic rings. The minimum atomic E-state index is -0.681. The smallest absolute Gasteiger partial charge is 0.259 e. The molecule has 0 saturated carbocycles. The predicted octanol–water partition coefficient (Wildman–Crippen LogP) is 5.07. The summed E-state index contributed by atoms with van der Waals surface area (Å²) in [7, 11) is 0. The topological polar surface area (TPSA) is 31.2 Å². The van der Waals surface area contributed by atoms with E-state index < -0.39 is 11.6 Å². The van der Waals surface area contributed by atoms with Gasteiger partial charge in [-0.15, -0.1) is 0 Å². The maximum absolute atomic E-state index is 13.7. The first-order chi connectivity index (χ1) is 12.3. The first kappa shape index (κ1) is 18.3. The van der Waals surface area contributed by atoms with Crippen LogP contribution >= 0.6 is 15.9 Å². The van der Waals surface area contributed by atoms with Crippen LogP contribution in [0.1, 0.15) is 16.8 Å². The van der Waals surface area contributed by atoms with Gasteiger partial charge >= 0.3 is 0 Å². The van der Waals surface area contributed by atoms with Crippen molar-refractivity contribution in [3.63, 3.8) is 0 Å². The summed E-state index contributed by atoms with van der Waals surface area (Å²) in [4.78, 5) is 12.6. The molecule has 0 unspecified atom stereocenters. The lowest BCUT2D eigenvalue weighted by atomic mass is 10.2. The Morgan fingerprint density at radius 3 is 2.50 bits per heavy atom. The first-order valence-electron chi connectivity index (χ1n) is 7.92. The summed E-state index contributed by atoms with van der Waals surface area (Å²) in [5.41, 5.74) is 2.39. The van der Waals surface area contributed by atoms with E-state index in [9.17, 15) is 13.6 Å². The molecule has 2 aromatic carbocycles. The third-order valence-corrected chi connectivity index (χ3v) is 4.50. The molecule has 1 aromatic heterocycles. The van der Waals surface area contributed by atoms with Crippen molar-refractivity contribution in [1.82, 2.24) is 4.57 Å². The van der Waals surface area contributed by atoms with Crippen molar-refractivity contribution in [2.24, 2.45) is 0 Å². The summed E-state index contributed by atoms with van der Waals surface area (Å²) >= 11 is 3.42. The van der Waals surface area contributed by atoms with Crippen molar-refractivity contribution in [1.29, 1.82) is 0 Å². The molecule has 3 rings (SSSR count). The molecule has 0 aliphatic carbocycles. The molecule has 0 amide bonds. The largest absolute Gasteiger partial charge is 0.489 e. The molecule has 0 atom stereocenters. The van der Waals surface area contributed by atoms with Gasteiger partial charge in [0.25, 0.3) is 5.56 Å². The van der Waals surface area contributed by atoms with Crippen LogP contribution in [0.2, 0.25) is 0 Å². The van der Waals surface area contributed by atoms with E-state index in [4.69, 9.17) is 4.74 Å². The summed E-state index contributed by atoms with van der Waals surface area (Å²) in [6.07, 6.45) is 0. The fourth-order valence-corrected chi connectivity index (χ4v) is 3.04. The number of hydrogen-bond acceptors (Lipinski definition) is 2. The predicted molar refractivity (Wildman–Crippen MR) is 99.9 cm³/mol. The van der Waals surface area contributed by atoms with Crippen molar-refractivity contribution in [2.45, 2.75) is 20.5 Å². The summed E-state index contributed by atoms with van der Waals surface area (Å²) in [5, 5.41) is 0.